The van der Waals surface area contributed by atoms with E-state index in [9.17, 15) is 10.1 Å². The van der Waals surface area contributed by atoms with Crippen LogP contribution in [0.2, 0.25) is 0 Å². The molecular weight excluding hydrogens is 230 g/mol. The van der Waals surface area contributed by atoms with Crippen molar-refractivity contribution in [3.8, 4) is 6.07 Å². The zero-order chi connectivity index (χ0) is 13.0. The number of nitriles is 1. The van der Waals surface area contributed by atoms with Crippen LogP contribution in [-0.4, -0.2) is 21.0 Å². The van der Waals surface area contributed by atoms with Crippen molar-refractivity contribution in [3.63, 3.8) is 0 Å². The van der Waals surface area contributed by atoms with Crippen molar-refractivity contribution < 1.29 is 9.90 Å². The molecule has 2 N–H and O–H groups in total. The molecule has 90 valence electrons. The molecule has 0 amide bonds. The number of carbonyl (C=O) groups is 1. The first kappa shape index (κ1) is 11.9. The van der Waals surface area contributed by atoms with Crippen LogP contribution in [0.4, 0.5) is 0 Å². The van der Waals surface area contributed by atoms with Crippen LogP contribution in [-0.2, 0) is 11.2 Å². The number of aromatic amines is 1. The van der Waals surface area contributed by atoms with Gasteiger partial charge in [0.1, 0.15) is 11.7 Å². The molecule has 0 aliphatic heterocycles. The second-order valence-electron chi connectivity index (χ2n) is 3.84. The number of aliphatic carboxylic acids is 1. The van der Waals surface area contributed by atoms with Crippen molar-refractivity contribution in [2.45, 2.75) is 12.3 Å². The lowest BCUT2D eigenvalue weighted by Gasteiger charge is -2.05. The summed E-state index contributed by atoms with van der Waals surface area (Å²) in [6.07, 6.45) is 1.33. The van der Waals surface area contributed by atoms with Crippen LogP contribution < -0.4 is 0 Å². The lowest BCUT2D eigenvalue weighted by Crippen LogP contribution is -2.03. The largest absolute Gasteiger partial charge is 0.481 e. The summed E-state index contributed by atoms with van der Waals surface area (Å²) in [5.74, 6) is -0.966. The maximum Gasteiger partial charge on any atom is 0.309 e. The van der Waals surface area contributed by atoms with Crippen LogP contribution in [0.1, 0.15) is 23.0 Å². The van der Waals surface area contributed by atoms with Crippen LogP contribution in [0.15, 0.2) is 36.5 Å². The van der Waals surface area contributed by atoms with Gasteiger partial charge in [-0.1, -0.05) is 30.3 Å². The Hall–Kier alpha value is -2.61. The Bertz CT molecular complexity index is 584. The van der Waals surface area contributed by atoms with Crippen molar-refractivity contribution in [1.82, 2.24) is 9.97 Å². The smallest absolute Gasteiger partial charge is 0.309 e. The van der Waals surface area contributed by atoms with E-state index in [1.54, 1.807) is 0 Å². The SMILES string of the molecule is N#CC(c1ccccc1)c1ncc(CC(=O)O)[nH]1. The van der Waals surface area contributed by atoms with E-state index in [2.05, 4.69) is 16.0 Å². The van der Waals surface area contributed by atoms with Gasteiger partial charge in [0.05, 0.1) is 12.5 Å². The van der Waals surface area contributed by atoms with E-state index < -0.39 is 11.9 Å². The number of hydrogen-bond donors (Lipinski definition) is 2. The van der Waals surface area contributed by atoms with Gasteiger partial charge in [0.25, 0.3) is 0 Å². The molecule has 1 aromatic heterocycles. The third-order valence-electron chi connectivity index (χ3n) is 2.53. The zero-order valence-electron chi connectivity index (χ0n) is 9.50. The fourth-order valence-electron chi connectivity index (χ4n) is 1.72. The molecule has 0 radical (unpaired) electrons. The molecule has 5 nitrogen and oxygen atoms in total. The Balaban J connectivity index is 2.27. The number of H-pyrrole nitrogens is 1. The normalized spacial score (nSPS) is 11.7. The minimum Gasteiger partial charge on any atom is -0.481 e. The molecule has 0 fully saturated rings. The van der Waals surface area contributed by atoms with Crippen LogP contribution in [0.3, 0.4) is 0 Å². The highest BCUT2D eigenvalue weighted by Crippen LogP contribution is 2.21. The summed E-state index contributed by atoms with van der Waals surface area (Å²) in [6.45, 7) is 0. The first-order valence-electron chi connectivity index (χ1n) is 5.41. The van der Waals surface area contributed by atoms with Gasteiger partial charge in [-0.15, -0.1) is 0 Å². The number of imidazole rings is 1. The summed E-state index contributed by atoms with van der Waals surface area (Å²) >= 11 is 0. The first-order valence-corrected chi connectivity index (χ1v) is 5.41. The highest BCUT2D eigenvalue weighted by molar-refractivity contribution is 5.69. The van der Waals surface area contributed by atoms with E-state index in [4.69, 9.17) is 5.11 Å². The summed E-state index contributed by atoms with van der Waals surface area (Å²) in [7, 11) is 0. The van der Waals surface area contributed by atoms with Gasteiger partial charge in [-0.3, -0.25) is 4.79 Å². The molecule has 1 heterocycles. The standard InChI is InChI=1S/C13H11N3O2/c14-7-11(9-4-2-1-3-5-9)13-15-8-10(16-13)6-12(17)18/h1-5,8,11H,6H2,(H,15,16)(H,17,18). The van der Waals surface area contributed by atoms with E-state index in [1.165, 1.54) is 6.20 Å². The third kappa shape index (κ3) is 2.55. The Morgan fingerprint density at radius 3 is 2.78 bits per heavy atom. The lowest BCUT2D eigenvalue weighted by molar-refractivity contribution is -0.136. The Kier molecular flexibility index (Phi) is 3.39. The average Bonchev–Trinajstić information content (AvgIpc) is 2.79. The molecule has 1 aromatic carbocycles. The van der Waals surface area contributed by atoms with Crippen LogP contribution in [0.5, 0.6) is 0 Å². The summed E-state index contributed by atoms with van der Waals surface area (Å²) in [6, 6.07) is 11.4. The minimum absolute atomic E-state index is 0.125. The Morgan fingerprint density at radius 2 is 2.17 bits per heavy atom. The van der Waals surface area contributed by atoms with E-state index in [-0.39, 0.29) is 6.42 Å². The molecule has 2 rings (SSSR count). The van der Waals surface area contributed by atoms with Gasteiger partial charge in [-0.2, -0.15) is 5.26 Å². The molecule has 0 aliphatic carbocycles. The predicted molar refractivity (Wildman–Crippen MR) is 63.8 cm³/mol. The Morgan fingerprint density at radius 1 is 1.44 bits per heavy atom. The topological polar surface area (TPSA) is 89.8 Å². The third-order valence-corrected chi connectivity index (χ3v) is 2.53. The van der Waals surface area contributed by atoms with Crippen molar-refractivity contribution in [2.75, 3.05) is 0 Å². The summed E-state index contributed by atoms with van der Waals surface area (Å²) in [4.78, 5) is 17.5. The fourth-order valence-corrected chi connectivity index (χ4v) is 1.72. The van der Waals surface area contributed by atoms with E-state index in [0.29, 0.717) is 11.5 Å². The van der Waals surface area contributed by atoms with E-state index >= 15 is 0 Å². The molecule has 0 saturated heterocycles. The molecule has 0 spiro atoms. The Labute approximate surface area is 104 Å². The first-order chi connectivity index (χ1) is 8.70. The van der Waals surface area contributed by atoms with Gasteiger partial charge in [0.2, 0.25) is 0 Å². The van der Waals surface area contributed by atoms with Gasteiger partial charge < -0.3 is 10.1 Å². The summed E-state index contributed by atoms with van der Waals surface area (Å²) < 4.78 is 0. The monoisotopic (exact) mass is 241 g/mol. The van der Waals surface area contributed by atoms with Crippen LogP contribution in [0, 0.1) is 11.3 Å². The van der Waals surface area contributed by atoms with Gasteiger partial charge in [-0.05, 0) is 5.56 Å². The quantitative estimate of drug-likeness (QED) is 0.852. The van der Waals surface area contributed by atoms with Crippen molar-refractivity contribution >= 4 is 5.97 Å². The number of carboxylic acid groups (broad SMARTS) is 1. The van der Waals surface area contributed by atoms with Crippen LogP contribution in [0.25, 0.3) is 0 Å². The number of aromatic nitrogens is 2. The maximum atomic E-state index is 10.6. The number of nitrogens with zero attached hydrogens (tertiary/aromatic N) is 2. The van der Waals surface area contributed by atoms with Gasteiger partial charge in [-0.25, -0.2) is 4.98 Å². The van der Waals surface area contributed by atoms with Crippen molar-refractivity contribution in [1.29, 1.82) is 5.26 Å². The van der Waals surface area contributed by atoms with Crippen LogP contribution >= 0.6 is 0 Å². The second kappa shape index (κ2) is 5.15. The molecule has 5 heteroatoms. The molecule has 2 aromatic rings. The lowest BCUT2D eigenvalue weighted by atomic mass is 10.0. The highest BCUT2D eigenvalue weighted by Gasteiger charge is 2.17. The molecule has 18 heavy (non-hydrogen) atoms. The number of carboxylic acids is 1. The predicted octanol–water partition coefficient (Wildman–Crippen LogP) is 1.69. The highest BCUT2D eigenvalue weighted by atomic mass is 16.4. The molecule has 0 saturated carbocycles. The molecule has 1 unspecified atom stereocenters. The maximum absolute atomic E-state index is 10.6. The molecular formula is C13H11N3O2. The average molecular weight is 241 g/mol. The van der Waals surface area contributed by atoms with Gasteiger partial charge >= 0.3 is 5.97 Å². The van der Waals surface area contributed by atoms with E-state index in [1.807, 2.05) is 30.3 Å². The number of rotatable bonds is 4. The zero-order valence-corrected chi connectivity index (χ0v) is 9.50. The number of hydrogen-bond acceptors (Lipinski definition) is 3. The van der Waals surface area contributed by atoms with Crippen molar-refractivity contribution in [2.24, 2.45) is 0 Å². The molecule has 1 atom stereocenters. The molecule has 0 bridgehead atoms. The molecule has 0 aliphatic rings. The second-order valence-corrected chi connectivity index (χ2v) is 3.84. The minimum atomic E-state index is -0.932. The van der Waals surface area contributed by atoms with Crippen molar-refractivity contribution in [3.05, 3.63) is 53.6 Å². The van der Waals surface area contributed by atoms with Gasteiger partial charge in [0.15, 0.2) is 0 Å². The summed E-state index contributed by atoms with van der Waals surface area (Å²) in [5.41, 5.74) is 1.32. The fraction of sp³-hybridized carbons (Fsp3) is 0.154. The number of nitrogens with one attached hydrogen (secondary N) is 1. The summed E-state index contributed by atoms with van der Waals surface area (Å²) in [5, 5.41) is 17.9. The van der Waals surface area contributed by atoms with E-state index in [0.717, 1.165) is 5.56 Å². The van der Waals surface area contributed by atoms with Gasteiger partial charge in [0, 0.05) is 11.9 Å². The number of benzene rings is 1.